The highest BCUT2D eigenvalue weighted by Crippen LogP contribution is 2.33. The van der Waals surface area contributed by atoms with Crippen molar-refractivity contribution in [1.82, 2.24) is 20.2 Å². The lowest BCUT2D eigenvalue weighted by Gasteiger charge is -2.22. The molecule has 19 heavy (non-hydrogen) atoms. The molecule has 1 aromatic carbocycles. The van der Waals surface area contributed by atoms with Gasteiger partial charge in [-0.1, -0.05) is 30.3 Å². The number of nitrogens with zero attached hydrogens (tertiary/aromatic N) is 4. The zero-order valence-corrected chi connectivity index (χ0v) is 11.4. The van der Waals surface area contributed by atoms with Crippen molar-refractivity contribution in [3.8, 4) is 0 Å². The smallest absolute Gasteiger partial charge is 0.178 e. The summed E-state index contributed by atoms with van der Waals surface area (Å²) >= 11 is 0. The maximum atomic E-state index is 4.22. The van der Waals surface area contributed by atoms with Gasteiger partial charge < -0.3 is 0 Å². The van der Waals surface area contributed by atoms with Gasteiger partial charge in [0, 0.05) is 0 Å². The van der Waals surface area contributed by atoms with Crippen LogP contribution in [0.15, 0.2) is 30.3 Å². The molecule has 2 aromatic rings. The first-order valence-corrected chi connectivity index (χ1v) is 6.72. The van der Waals surface area contributed by atoms with Gasteiger partial charge in [0.1, 0.15) is 0 Å². The summed E-state index contributed by atoms with van der Waals surface area (Å²) in [4.78, 5) is 0. The molecule has 0 unspecified atom stereocenters. The van der Waals surface area contributed by atoms with E-state index in [0.29, 0.717) is 0 Å². The van der Waals surface area contributed by atoms with Crippen molar-refractivity contribution < 1.29 is 0 Å². The minimum absolute atomic E-state index is 0.00882. The van der Waals surface area contributed by atoms with Gasteiger partial charge in [-0.05, 0) is 60.7 Å². The Morgan fingerprint density at radius 1 is 1.21 bits per heavy atom. The van der Waals surface area contributed by atoms with E-state index in [1.165, 1.54) is 11.1 Å². The molecule has 0 bridgehead atoms. The molecule has 0 aliphatic carbocycles. The third kappa shape index (κ3) is 2.30. The standard InChI is InChI=1S/C15H18N4/c1-15(2)10-6-9-13(14-16-17-18-19(14)15)11-12-7-4-3-5-8-12/h3-5,7-8,11H,6,9-10H2,1-2H3. The molecule has 0 N–H and O–H groups in total. The molecule has 0 radical (unpaired) electrons. The lowest BCUT2D eigenvalue weighted by atomic mass is 9.98. The van der Waals surface area contributed by atoms with E-state index in [9.17, 15) is 0 Å². The van der Waals surface area contributed by atoms with Crippen LogP contribution in [-0.2, 0) is 5.54 Å². The molecular formula is C15H18N4. The van der Waals surface area contributed by atoms with E-state index >= 15 is 0 Å². The summed E-state index contributed by atoms with van der Waals surface area (Å²) in [6.45, 7) is 4.39. The Kier molecular flexibility index (Phi) is 2.93. The Balaban J connectivity index is 2.06. The van der Waals surface area contributed by atoms with Crippen molar-refractivity contribution in [2.75, 3.05) is 0 Å². The minimum atomic E-state index is -0.00882. The van der Waals surface area contributed by atoms with Crippen LogP contribution in [0.4, 0.5) is 0 Å². The molecule has 4 nitrogen and oxygen atoms in total. The van der Waals surface area contributed by atoms with Crippen LogP contribution in [0.5, 0.6) is 0 Å². The molecule has 4 heteroatoms. The molecule has 1 aliphatic rings. The number of aromatic nitrogens is 4. The monoisotopic (exact) mass is 254 g/mol. The summed E-state index contributed by atoms with van der Waals surface area (Å²) in [5, 5.41) is 12.3. The van der Waals surface area contributed by atoms with Crippen molar-refractivity contribution in [3.05, 3.63) is 41.7 Å². The molecule has 2 heterocycles. The summed E-state index contributed by atoms with van der Waals surface area (Å²) in [5.74, 6) is 0.909. The summed E-state index contributed by atoms with van der Waals surface area (Å²) in [5.41, 5.74) is 2.42. The highest BCUT2D eigenvalue weighted by Gasteiger charge is 2.29. The van der Waals surface area contributed by atoms with E-state index in [0.717, 1.165) is 25.1 Å². The molecular weight excluding hydrogens is 236 g/mol. The second-order valence-electron chi connectivity index (χ2n) is 5.66. The van der Waals surface area contributed by atoms with Crippen LogP contribution < -0.4 is 0 Å². The quantitative estimate of drug-likeness (QED) is 0.785. The fourth-order valence-corrected chi connectivity index (χ4v) is 2.61. The first-order chi connectivity index (χ1) is 9.17. The van der Waals surface area contributed by atoms with Crippen LogP contribution in [0.2, 0.25) is 0 Å². The van der Waals surface area contributed by atoms with E-state index in [4.69, 9.17) is 0 Å². The third-order valence-electron chi connectivity index (χ3n) is 3.71. The number of tetrazole rings is 1. The first-order valence-electron chi connectivity index (χ1n) is 6.72. The van der Waals surface area contributed by atoms with Gasteiger partial charge >= 0.3 is 0 Å². The number of fused-ring (bicyclic) bond motifs is 1. The van der Waals surface area contributed by atoms with Gasteiger partial charge in [0.25, 0.3) is 0 Å². The van der Waals surface area contributed by atoms with E-state index in [1.54, 1.807) is 0 Å². The molecule has 3 rings (SSSR count). The van der Waals surface area contributed by atoms with Crippen LogP contribution >= 0.6 is 0 Å². The first kappa shape index (κ1) is 12.1. The fraction of sp³-hybridized carbons (Fsp3) is 0.400. The van der Waals surface area contributed by atoms with Gasteiger partial charge in [0.15, 0.2) is 5.82 Å². The van der Waals surface area contributed by atoms with Gasteiger partial charge in [0.2, 0.25) is 0 Å². The molecule has 0 saturated carbocycles. The summed E-state index contributed by atoms with van der Waals surface area (Å²) in [6.07, 6.45) is 5.47. The fourth-order valence-electron chi connectivity index (χ4n) is 2.61. The van der Waals surface area contributed by atoms with Crippen LogP contribution in [0.3, 0.4) is 0 Å². The van der Waals surface area contributed by atoms with Crippen LogP contribution in [0.25, 0.3) is 11.6 Å². The largest absolute Gasteiger partial charge is 0.220 e. The zero-order chi connectivity index (χ0) is 13.3. The highest BCUT2D eigenvalue weighted by molar-refractivity contribution is 5.78. The maximum absolute atomic E-state index is 4.22. The van der Waals surface area contributed by atoms with Gasteiger partial charge in [-0.3, -0.25) is 0 Å². The number of hydrogen-bond acceptors (Lipinski definition) is 3. The van der Waals surface area contributed by atoms with E-state index in [2.05, 4.69) is 59.7 Å². The predicted molar refractivity (Wildman–Crippen MR) is 75.3 cm³/mol. The molecule has 1 aliphatic heterocycles. The van der Waals surface area contributed by atoms with Crippen molar-refractivity contribution >= 4 is 11.6 Å². The van der Waals surface area contributed by atoms with Crippen molar-refractivity contribution in [1.29, 1.82) is 0 Å². The van der Waals surface area contributed by atoms with Crippen LogP contribution in [0, 0.1) is 0 Å². The Morgan fingerprint density at radius 2 is 2.00 bits per heavy atom. The van der Waals surface area contributed by atoms with Crippen molar-refractivity contribution in [3.63, 3.8) is 0 Å². The average molecular weight is 254 g/mol. The lowest BCUT2D eigenvalue weighted by molar-refractivity contribution is 0.288. The molecule has 0 spiro atoms. The molecule has 0 amide bonds. The van der Waals surface area contributed by atoms with Gasteiger partial charge in [-0.15, -0.1) is 5.10 Å². The Bertz CT molecular complexity index is 596. The Hall–Kier alpha value is -1.97. The minimum Gasteiger partial charge on any atom is -0.220 e. The molecule has 0 fully saturated rings. The number of benzene rings is 1. The number of hydrogen-bond donors (Lipinski definition) is 0. The number of rotatable bonds is 1. The predicted octanol–water partition coefficient (Wildman–Crippen LogP) is 3.13. The Morgan fingerprint density at radius 3 is 2.79 bits per heavy atom. The van der Waals surface area contributed by atoms with Gasteiger partial charge in [0.05, 0.1) is 5.54 Å². The molecule has 98 valence electrons. The van der Waals surface area contributed by atoms with E-state index in [-0.39, 0.29) is 5.54 Å². The van der Waals surface area contributed by atoms with Gasteiger partial charge in [-0.25, -0.2) is 4.68 Å². The Labute approximate surface area is 113 Å². The topological polar surface area (TPSA) is 43.6 Å². The van der Waals surface area contributed by atoms with E-state index in [1.807, 2.05) is 10.7 Å². The van der Waals surface area contributed by atoms with E-state index < -0.39 is 0 Å². The van der Waals surface area contributed by atoms with Crippen LogP contribution in [-0.4, -0.2) is 20.2 Å². The van der Waals surface area contributed by atoms with Gasteiger partial charge in [-0.2, -0.15) is 0 Å². The van der Waals surface area contributed by atoms with Crippen LogP contribution in [0.1, 0.15) is 44.5 Å². The zero-order valence-electron chi connectivity index (χ0n) is 11.4. The summed E-state index contributed by atoms with van der Waals surface area (Å²) in [7, 11) is 0. The number of allylic oxidation sites excluding steroid dienone is 1. The van der Waals surface area contributed by atoms with Crippen molar-refractivity contribution in [2.45, 2.75) is 38.6 Å². The average Bonchev–Trinajstić information content (AvgIpc) is 2.85. The summed E-state index contributed by atoms with van der Waals surface area (Å²) in [6, 6.07) is 10.3. The molecule has 0 saturated heterocycles. The lowest BCUT2D eigenvalue weighted by Crippen LogP contribution is -2.27. The molecule has 0 atom stereocenters. The molecule has 1 aromatic heterocycles. The maximum Gasteiger partial charge on any atom is 0.178 e. The SMILES string of the molecule is CC1(C)CCCC(=Cc2ccccc2)c2nnnn21. The highest BCUT2D eigenvalue weighted by atomic mass is 15.6. The summed E-state index contributed by atoms with van der Waals surface area (Å²) < 4.78 is 1.97. The second-order valence-corrected chi connectivity index (χ2v) is 5.66. The van der Waals surface area contributed by atoms with Crippen molar-refractivity contribution in [2.24, 2.45) is 0 Å². The third-order valence-corrected chi connectivity index (χ3v) is 3.71. The normalized spacial score (nSPS) is 20.0. The second kappa shape index (κ2) is 4.61.